The summed E-state index contributed by atoms with van der Waals surface area (Å²) < 4.78 is 22.8. The number of hydrogen-bond acceptors (Lipinski definition) is 5. The maximum absolute atomic E-state index is 12.6. The molecule has 6 nitrogen and oxygen atoms in total. The molecule has 0 saturated carbocycles. The summed E-state index contributed by atoms with van der Waals surface area (Å²) in [5, 5.41) is 2.93. The first kappa shape index (κ1) is 20.9. The van der Waals surface area contributed by atoms with E-state index in [0.717, 1.165) is 19.3 Å². The monoisotopic (exact) mass is 391 g/mol. The molecule has 1 fully saturated rings. The molecule has 0 atom stereocenters. The summed E-state index contributed by atoms with van der Waals surface area (Å²) in [6.45, 7) is 4.40. The Bertz CT molecular complexity index is 627. The SMILES string of the molecule is CCCCCCCCCC1(CC(=O)Nc2ccc3c(c2)OCCO3)OCCO1. The number of benzene rings is 1. The van der Waals surface area contributed by atoms with Gasteiger partial charge in [-0.15, -0.1) is 0 Å². The first-order valence-corrected chi connectivity index (χ1v) is 10.7. The zero-order chi connectivity index (χ0) is 19.7. The molecule has 3 rings (SSSR count). The Hall–Kier alpha value is -1.79. The highest BCUT2D eigenvalue weighted by molar-refractivity contribution is 5.91. The second kappa shape index (κ2) is 10.7. The quantitative estimate of drug-likeness (QED) is 0.555. The molecule has 1 amide bonds. The van der Waals surface area contributed by atoms with Gasteiger partial charge in [-0.2, -0.15) is 0 Å². The molecular formula is C22H33NO5. The predicted octanol–water partition coefficient (Wildman–Crippen LogP) is 4.67. The van der Waals surface area contributed by atoms with Gasteiger partial charge >= 0.3 is 0 Å². The van der Waals surface area contributed by atoms with Crippen molar-refractivity contribution in [2.45, 2.75) is 70.5 Å². The van der Waals surface area contributed by atoms with Crippen LogP contribution >= 0.6 is 0 Å². The fourth-order valence-electron chi connectivity index (χ4n) is 3.75. The molecule has 1 N–H and O–H groups in total. The molecule has 0 unspecified atom stereocenters. The zero-order valence-corrected chi connectivity index (χ0v) is 17.0. The van der Waals surface area contributed by atoms with Crippen LogP contribution in [0.5, 0.6) is 11.5 Å². The van der Waals surface area contributed by atoms with Crippen molar-refractivity contribution in [1.82, 2.24) is 0 Å². The van der Waals surface area contributed by atoms with Crippen molar-refractivity contribution in [2.75, 3.05) is 31.7 Å². The lowest BCUT2D eigenvalue weighted by molar-refractivity contribution is -0.172. The minimum absolute atomic E-state index is 0.110. The van der Waals surface area contributed by atoms with Crippen molar-refractivity contribution >= 4 is 11.6 Å². The summed E-state index contributed by atoms with van der Waals surface area (Å²) >= 11 is 0. The van der Waals surface area contributed by atoms with Crippen molar-refractivity contribution in [2.24, 2.45) is 0 Å². The number of fused-ring (bicyclic) bond motifs is 1. The average molecular weight is 392 g/mol. The lowest BCUT2D eigenvalue weighted by Gasteiger charge is -2.27. The number of ether oxygens (including phenoxy) is 4. The number of unbranched alkanes of at least 4 members (excludes halogenated alkanes) is 6. The molecule has 0 bridgehead atoms. The van der Waals surface area contributed by atoms with E-state index >= 15 is 0 Å². The fraction of sp³-hybridized carbons (Fsp3) is 0.682. The van der Waals surface area contributed by atoms with E-state index in [1.54, 1.807) is 6.07 Å². The van der Waals surface area contributed by atoms with E-state index in [2.05, 4.69) is 12.2 Å². The van der Waals surface area contributed by atoms with Crippen molar-refractivity contribution in [3.63, 3.8) is 0 Å². The largest absolute Gasteiger partial charge is 0.486 e. The van der Waals surface area contributed by atoms with Crippen molar-refractivity contribution in [1.29, 1.82) is 0 Å². The summed E-state index contributed by atoms with van der Waals surface area (Å²) in [6.07, 6.45) is 9.55. The van der Waals surface area contributed by atoms with Crippen LogP contribution in [0.1, 0.15) is 64.7 Å². The number of nitrogens with one attached hydrogen (secondary N) is 1. The van der Waals surface area contributed by atoms with Crippen LogP contribution in [0.2, 0.25) is 0 Å². The normalized spacial score (nSPS) is 17.5. The Labute approximate surface area is 167 Å². The van der Waals surface area contributed by atoms with Crippen LogP contribution in [0, 0.1) is 0 Å². The number of anilines is 1. The number of amides is 1. The summed E-state index contributed by atoms with van der Waals surface area (Å²) in [4.78, 5) is 12.6. The molecule has 1 aromatic rings. The van der Waals surface area contributed by atoms with Gasteiger partial charge in [0.1, 0.15) is 13.2 Å². The second-order valence-corrected chi connectivity index (χ2v) is 7.56. The van der Waals surface area contributed by atoms with Crippen LogP contribution in [-0.4, -0.2) is 38.1 Å². The number of carbonyl (C=O) groups excluding carboxylic acids is 1. The van der Waals surface area contributed by atoms with Crippen LogP contribution in [0.4, 0.5) is 5.69 Å². The van der Waals surface area contributed by atoms with Crippen molar-refractivity contribution in [3.05, 3.63) is 18.2 Å². The van der Waals surface area contributed by atoms with Gasteiger partial charge in [-0.3, -0.25) is 4.79 Å². The molecular weight excluding hydrogens is 358 g/mol. The van der Waals surface area contributed by atoms with Gasteiger partial charge in [-0.05, 0) is 18.6 Å². The zero-order valence-electron chi connectivity index (χ0n) is 17.0. The number of rotatable bonds is 11. The summed E-state index contributed by atoms with van der Waals surface area (Å²) in [6, 6.07) is 5.44. The van der Waals surface area contributed by atoms with E-state index in [-0.39, 0.29) is 12.3 Å². The Kier molecular flexibility index (Phi) is 7.98. The minimum Gasteiger partial charge on any atom is -0.486 e. The van der Waals surface area contributed by atoms with Gasteiger partial charge in [-0.1, -0.05) is 45.4 Å². The summed E-state index contributed by atoms with van der Waals surface area (Å²) in [5.41, 5.74) is 0.693. The van der Waals surface area contributed by atoms with Gasteiger partial charge in [0.15, 0.2) is 17.3 Å². The standard InChI is InChI=1S/C22H33NO5/c1-2-3-4-5-6-7-8-11-22(27-14-15-28-22)17-21(24)23-18-9-10-19-20(16-18)26-13-12-25-19/h9-10,16H,2-8,11-15,17H2,1H3,(H,23,24). The van der Waals surface area contributed by atoms with Crippen LogP contribution in [-0.2, 0) is 14.3 Å². The van der Waals surface area contributed by atoms with E-state index < -0.39 is 5.79 Å². The van der Waals surface area contributed by atoms with Crippen LogP contribution in [0.25, 0.3) is 0 Å². The Morgan fingerprint density at radius 2 is 1.61 bits per heavy atom. The Morgan fingerprint density at radius 1 is 0.929 bits per heavy atom. The molecule has 28 heavy (non-hydrogen) atoms. The van der Waals surface area contributed by atoms with E-state index in [0.29, 0.717) is 43.6 Å². The second-order valence-electron chi connectivity index (χ2n) is 7.56. The maximum Gasteiger partial charge on any atom is 0.229 e. The first-order chi connectivity index (χ1) is 13.7. The molecule has 2 heterocycles. The summed E-state index contributed by atoms with van der Waals surface area (Å²) in [5.74, 6) is 0.486. The van der Waals surface area contributed by atoms with Crippen molar-refractivity contribution < 1.29 is 23.7 Å². The highest BCUT2D eigenvalue weighted by Gasteiger charge is 2.38. The van der Waals surface area contributed by atoms with E-state index in [1.807, 2.05) is 12.1 Å². The molecule has 0 aromatic heterocycles. The molecule has 0 radical (unpaired) electrons. The summed E-state index contributed by atoms with van der Waals surface area (Å²) in [7, 11) is 0. The lowest BCUT2D eigenvalue weighted by Crippen LogP contribution is -2.35. The van der Waals surface area contributed by atoms with E-state index in [4.69, 9.17) is 18.9 Å². The molecule has 6 heteroatoms. The van der Waals surface area contributed by atoms with Gasteiger partial charge in [0.05, 0.1) is 19.6 Å². The van der Waals surface area contributed by atoms with E-state index in [1.165, 1.54) is 32.1 Å². The molecule has 2 aliphatic rings. The van der Waals surface area contributed by atoms with Crippen molar-refractivity contribution in [3.8, 4) is 11.5 Å². The molecule has 0 spiro atoms. The number of hydrogen-bond donors (Lipinski definition) is 1. The van der Waals surface area contributed by atoms with E-state index in [9.17, 15) is 4.79 Å². The topological polar surface area (TPSA) is 66.0 Å². The van der Waals surface area contributed by atoms with Crippen LogP contribution in [0.15, 0.2) is 18.2 Å². The highest BCUT2D eigenvalue weighted by Crippen LogP contribution is 2.34. The third kappa shape index (κ3) is 6.11. The first-order valence-electron chi connectivity index (χ1n) is 10.7. The Balaban J connectivity index is 1.46. The predicted molar refractivity (Wildman–Crippen MR) is 108 cm³/mol. The molecule has 0 aliphatic carbocycles. The molecule has 156 valence electrons. The lowest BCUT2D eigenvalue weighted by atomic mass is 10.0. The minimum atomic E-state index is -0.776. The van der Waals surface area contributed by atoms with Gasteiger partial charge in [0, 0.05) is 18.2 Å². The molecule has 1 aromatic carbocycles. The third-order valence-corrected chi connectivity index (χ3v) is 5.23. The molecule has 1 saturated heterocycles. The number of carbonyl (C=O) groups is 1. The average Bonchev–Trinajstić information content (AvgIpc) is 3.15. The van der Waals surface area contributed by atoms with Gasteiger partial charge in [0.2, 0.25) is 5.91 Å². The van der Waals surface area contributed by atoms with Gasteiger partial charge in [0.25, 0.3) is 0 Å². The van der Waals surface area contributed by atoms with Crippen LogP contribution in [0.3, 0.4) is 0 Å². The van der Waals surface area contributed by atoms with Gasteiger partial charge < -0.3 is 24.3 Å². The highest BCUT2D eigenvalue weighted by atomic mass is 16.7. The third-order valence-electron chi connectivity index (χ3n) is 5.23. The fourth-order valence-corrected chi connectivity index (χ4v) is 3.75. The van der Waals surface area contributed by atoms with Crippen LogP contribution < -0.4 is 14.8 Å². The molecule has 2 aliphatic heterocycles. The Morgan fingerprint density at radius 3 is 2.36 bits per heavy atom. The van der Waals surface area contributed by atoms with Gasteiger partial charge in [-0.25, -0.2) is 0 Å². The smallest absolute Gasteiger partial charge is 0.229 e. The maximum atomic E-state index is 12.6.